The van der Waals surface area contributed by atoms with Crippen LogP contribution in [0.1, 0.15) is 30.3 Å². The van der Waals surface area contributed by atoms with E-state index in [0.29, 0.717) is 29.8 Å². The Labute approximate surface area is 150 Å². The first-order chi connectivity index (χ1) is 12.7. The van der Waals surface area contributed by atoms with E-state index < -0.39 is 0 Å². The number of hydrogen-bond donors (Lipinski definition) is 2. The molecule has 26 heavy (non-hydrogen) atoms. The first-order valence-electron chi connectivity index (χ1n) is 8.70. The second kappa shape index (κ2) is 7.00. The molecule has 1 aromatic heterocycles. The van der Waals surface area contributed by atoms with E-state index in [0.717, 1.165) is 17.7 Å². The van der Waals surface area contributed by atoms with Crippen molar-refractivity contribution >= 4 is 16.8 Å². The zero-order valence-corrected chi connectivity index (χ0v) is 14.2. The number of benzene rings is 2. The molecule has 0 aliphatic carbocycles. The highest BCUT2D eigenvalue weighted by molar-refractivity contribution is 5.78. The van der Waals surface area contributed by atoms with Crippen molar-refractivity contribution in [1.29, 1.82) is 0 Å². The molecule has 0 spiro atoms. The van der Waals surface area contributed by atoms with E-state index in [2.05, 4.69) is 15.3 Å². The number of aromatic nitrogens is 2. The lowest BCUT2D eigenvalue weighted by molar-refractivity contribution is -0.122. The summed E-state index contributed by atoms with van der Waals surface area (Å²) in [6, 6.07) is 14.9. The van der Waals surface area contributed by atoms with E-state index in [1.54, 1.807) is 18.2 Å². The van der Waals surface area contributed by atoms with Crippen molar-refractivity contribution in [3.05, 3.63) is 70.3 Å². The van der Waals surface area contributed by atoms with Crippen LogP contribution in [0.25, 0.3) is 10.9 Å². The molecule has 0 fully saturated rings. The molecule has 2 aromatic carbocycles. The summed E-state index contributed by atoms with van der Waals surface area (Å²) in [7, 11) is 0. The largest absolute Gasteiger partial charge is 0.493 e. The topological polar surface area (TPSA) is 84.1 Å². The van der Waals surface area contributed by atoms with E-state index in [-0.39, 0.29) is 23.9 Å². The molecule has 0 radical (unpaired) electrons. The Balaban J connectivity index is 1.43. The summed E-state index contributed by atoms with van der Waals surface area (Å²) in [6.45, 7) is 0.585. The number of para-hydroxylation sites is 2. The van der Waals surface area contributed by atoms with Gasteiger partial charge in [-0.1, -0.05) is 30.3 Å². The predicted octanol–water partition coefficient (Wildman–Crippen LogP) is 2.50. The Morgan fingerprint density at radius 1 is 1.19 bits per heavy atom. The molecular formula is C20H19N3O3. The Bertz CT molecular complexity index is 1010. The molecule has 6 heteroatoms. The molecule has 6 nitrogen and oxygen atoms in total. The summed E-state index contributed by atoms with van der Waals surface area (Å²) in [5, 5.41) is 3.61. The molecule has 3 aromatic rings. The Kier molecular flexibility index (Phi) is 4.39. The molecule has 0 unspecified atom stereocenters. The van der Waals surface area contributed by atoms with Gasteiger partial charge in [-0.2, -0.15) is 0 Å². The zero-order chi connectivity index (χ0) is 17.9. The summed E-state index contributed by atoms with van der Waals surface area (Å²) < 4.78 is 5.62. The second-order valence-electron chi connectivity index (χ2n) is 6.32. The van der Waals surface area contributed by atoms with Gasteiger partial charge in [0.2, 0.25) is 5.91 Å². The van der Waals surface area contributed by atoms with Gasteiger partial charge in [-0.25, -0.2) is 4.98 Å². The molecule has 0 saturated carbocycles. The molecule has 1 aliphatic rings. The first kappa shape index (κ1) is 16.3. The average molecular weight is 349 g/mol. The quantitative estimate of drug-likeness (QED) is 0.758. The molecule has 1 atom stereocenters. The van der Waals surface area contributed by atoms with E-state index in [4.69, 9.17) is 4.74 Å². The van der Waals surface area contributed by atoms with Crippen LogP contribution in [0.15, 0.2) is 53.3 Å². The van der Waals surface area contributed by atoms with Crippen molar-refractivity contribution in [3.63, 3.8) is 0 Å². The molecule has 2 heterocycles. The monoisotopic (exact) mass is 349 g/mol. The maximum atomic E-state index is 12.4. The third-order valence-corrected chi connectivity index (χ3v) is 4.54. The summed E-state index contributed by atoms with van der Waals surface area (Å²) in [5.41, 5.74) is 1.47. The minimum absolute atomic E-state index is 0.0453. The van der Waals surface area contributed by atoms with Crippen LogP contribution in [-0.2, 0) is 11.2 Å². The number of aromatic amines is 1. The van der Waals surface area contributed by atoms with Crippen LogP contribution in [0, 0.1) is 0 Å². The van der Waals surface area contributed by atoms with Crippen LogP contribution in [-0.4, -0.2) is 22.5 Å². The molecule has 0 bridgehead atoms. The number of H-pyrrole nitrogens is 1. The van der Waals surface area contributed by atoms with Gasteiger partial charge in [-0.15, -0.1) is 0 Å². The Morgan fingerprint density at radius 3 is 2.92 bits per heavy atom. The van der Waals surface area contributed by atoms with Crippen molar-refractivity contribution in [2.75, 3.05) is 6.61 Å². The number of carbonyl (C=O) groups excluding carboxylic acids is 1. The van der Waals surface area contributed by atoms with Gasteiger partial charge in [0.15, 0.2) is 0 Å². The van der Waals surface area contributed by atoms with Crippen LogP contribution >= 0.6 is 0 Å². The fourth-order valence-electron chi connectivity index (χ4n) is 3.24. The maximum Gasteiger partial charge on any atom is 0.258 e. The van der Waals surface area contributed by atoms with E-state index in [1.807, 2.05) is 30.3 Å². The van der Waals surface area contributed by atoms with Crippen LogP contribution in [0.5, 0.6) is 5.75 Å². The van der Waals surface area contributed by atoms with E-state index in [1.165, 1.54) is 0 Å². The molecule has 1 aliphatic heterocycles. The lowest BCUT2D eigenvalue weighted by Crippen LogP contribution is -2.32. The summed E-state index contributed by atoms with van der Waals surface area (Å²) in [5.74, 6) is 1.28. The zero-order valence-electron chi connectivity index (χ0n) is 14.2. The van der Waals surface area contributed by atoms with Crippen LogP contribution in [0.3, 0.4) is 0 Å². The maximum absolute atomic E-state index is 12.4. The highest BCUT2D eigenvalue weighted by atomic mass is 16.5. The van der Waals surface area contributed by atoms with E-state index in [9.17, 15) is 9.59 Å². The molecular weight excluding hydrogens is 330 g/mol. The van der Waals surface area contributed by atoms with Crippen molar-refractivity contribution < 1.29 is 9.53 Å². The van der Waals surface area contributed by atoms with Gasteiger partial charge in [0.25, 0.3) is 5.56 Å². The van der Waals surface area contributed by atoms with E-state index >= 15 is 0 Å². The summed E-state index contributed by atoms with van der Waals surface area (Å²) in [4.78, 5) is 31.7. The Morgan fingerprint density at radius 2 is 2.00 bits per heavy atom. The number of carbonyl (C=O) groups is 1. The van der Waals surface area contributed by atoms with Crippen LogP contribution in [0.2, 0.25) is 0 Å². The molecule has 132 valence electrons. The van der Waals surface area contributed by atoms with Crippen molar-refractivity contribution in [1.82, 2.24) is 15.3 Å². The average Bonchev–Trinajstić information content (AvgIpc) is 2.67. The number of nitrogens with one attached hydrogen (secondary N) is 2. The minimum atomic E-state index is -0.177. The van der Waals surface area contributed by atoms with Gasteiger partial charge >= 0.3 is 0 Å². The van der Waals surface area contributed by atoms with Crippen LogP contribution < -0.4 is 15.6 Å². The van der Waals surface area contributed by atoms with Gasteiger partial charge in [0.1, 0.15) is 11.6 Å². The van der Waals surface area contributed by atoms with Gasteiger partial charge < -0.3 is 15.0 Å². The first-order valence-corrected chi connectivity index (χ1v) is 8.70. The highest BCUT2D eigenvalue weighted by Gasteiger charge is 2.22. The lowest BCUT2D eigenvalue weighted by Gasteiger charge is -2.26. The molecule has 2 N–H and O–H groups in total. The normalized spacial score (nSPS) is 15.9. The number of ether oxygens (including phenoxy) is 1. The molecule has 4 rings (SSSR count). The van der Waals surface area contributed by atoms with Gasteiger partial charge in [0, 0.05) is 24.8 Å². The summed E-state index contributed by atoms with van der Waals surface area (Å²) in [6.07, 6.45) is 1.39. The number of nitrogens with zero attached hydrogens (tertiary/aromatic N) is 1. The molecule has 0 saturated heterocycles. The van der Waals surface area contributed by atoms with Gasteiger partial charge in [-0.05, 0) is 18.2 Å². The standard InChI is InChI=1S/C20H19N3O3/c24-19(22-16-11-12-26-17-8-4-2-5-13(16)17)10-9-18-21-15-7-3-1-6-14(15)20(25)23-18/h1-8,16H,9-12H2,(H,22,24)(H,21,23,25)/t16-/m0/s1. The van der Waals surface area contributed by atoms with Crippen molar-refractivity contribution in [3.8, 4) is 5.75 Å². The number of hydrogen-bond acceptors (Lipinski definition) is 4. The van der Waals surface area contributed by atoms with Gasteiger partial charge in [-0.3, -0.25) is 9.59 Å². The summed E-state index contributed by atoms with van der Waals surface area (Å²) >= 11 is 0. The minimum Gasteiger partial charge on any atom is -0.493 e. The number of fused-ring (bicyclic) bond motifs is 2. The van der Waals surface area contributed by atoms with Gasteiger partial charge in [0.05, 0.1) is 23.6 Å². The molecule has 1 amide bonds. The number of rotatable bonds is 4. The van der Waals surface area contributed by atoms with Crippen LogP contribution in [0.4, 0.5) is 0 Å². The highest BCUT2D eigenvalue weighted by Crippen LogP contribution is 2.31. The van der Waals surface area contributed by atoms with Crippen molar-refractivity contribution in [2.45, 2.75) is 25.3 Å². The third-order valence-electron chi connectivity index (χ3n) is 4.54. The lowest BCUT2D eigenvalue weighted by atomic mass is 10.0. The fourth-order valence-corrected chi connectivity index (χ4v) is 3.24. The Hall–Kier alpha value is -3.15. The number of aryl methyl sites for hydroxylation is 1. The fraction of sp³-hybridized carbons (Fsp3) is 0.250. The number of amides is 1. The smallest absolute Gasteiger partial charge is 0.258 e. The SMILES string of the molecule is O=C(CCc1nc2ccccc2c(=O)[nH]1)N[C@H]1CCOc2ccccc21. The second-order valence-corrected chi connectivity index (χ2v) is 6.32. The predicted molar refractivity (Wildman–Crippen MR) is 98.1 cm³/mol. The van der Waals surface area contributed by atoms with Crippen molar-refractivity contribution in [2.24, 2.45) is 0 Å². The third kappa shape index (κ3) is 3.31.